The van der Waals surface area contributed by atoms with Gasteiger partial charge in [-0.3, -0.25) is 24.0 Å². The molecular weight excluding hydrogens is 547 g/mol. The van der Waals surface area contributed by atoms with E-state index in [1.54, 1.807) is 12.1 Å². The fourth-order valence-electron chi connectivity index (χ4n) is 5.20. The van der Waals surface area contributed by atoms with Crippen molar-refractivity contribution >= 4 is 36.4 Å². The maximum absolute atomic E-state index is 13.6. The number of carbonyl (C=O) groups is 5. The van der Waals surface area contributed by atoms with E-state index in [1.807, 2.05) is 44.2 Å². The standard InChI is InChI=1S/C28H34BN4O9/c1-16(2)13-21(29-40-22(35)14-28(42-29,27(39)30-4)15-23(36)41-29)32-26(38)24(17(3)34)33-25(37)20-12-8-11-19(31-20)18-9-6-5-7-10-18/h5-12,16-17,21,24,34H,13-15H2,1-4H3,(H,30,39)(H,32,38)(H,33,37)/q-1/t17-,21?,24+,28?,29?/m1/s1. The summed E-state index contributed by atoms with van der Waals surface area (Å²) in [5, 5.41) is 18.0. The Bertz CT molecular complexity index is 1350. The summed E-state index contributed by atoms with van der Waals surface area (Å²) in [6.45, 7) is 1.61. The van der Waals surface area contributed by atoms with Gasteiger partial charge in [0.25, 0.3) is 17.8 Å². The molecule has 2 bridgehead atoms. The molecule has 2 aliphatic rings. The monoisotopic (exact) mass is 581 g/mol. The van der Waals surface area contributed by atoms with Crippen molar-refractivity contribution in [2.45, 2.75) is 63.7 Å². The molecule has 0 aliphatic carbocycles. The fourth-order valence-corrected chi connectivity index (χ4v) is 5.20. The summed E-state index contributed by atoms with van der Waals surface area (Å²) in [5.74, 6) is -5.37. The number of amides is 3. The van der Waals surface area contributed by atoms with E-state index in [-0.39, 0.29) is 18.0 Å². The van der Waals surface area contributed by atoms with E-state index < -0.39 is 72.9 Å². The number of hydrogen-bond donors (Lipinski definition) is 4. The highest BCUT2D eigenvalue weighted by Crippen LogP contribution is 2.40. The fraction of sp³-hybridized carbons (Fsp3) is 0.429. The second kappa shape index (κ2) is 12.3. The second-order valence-electron chi connectivity index (χ2n) is 10.9. The number of aliphatic hydroxyl groups is 1. The van der Waals surface area contributed by atoms with E-state index in [0.29, 0.717) is 5.69 Å². The molecule has 0 spiro atoms. The van der Waals surface area contributed by atoms with Crippen LogP contribution in [-0.4, -0.2) is 77.2 Å². The number of nitrogens with zero attached hydrogens (tertiary/aromatic N) is 1. The number of fused-ring (bicyclic) bond motifs is 2. The number of hydrogen-bond acceptors (Lipinski definition) is 10. The van der Waals surface area contributed by atoms with Gasteiger partial charge in [-0.15, -0.1) is 0 Å². The first-order valence-electron chi connectivity index (χ1n) is 13.7. The predicted octanol–water partition coefficient (Wildman–Crippen LogP) is 0.632. The lowest BCUT2D eigenvalue weighted by molar-refractivity contribution is -0.186. The number of nitrogens with one attached hydrogen (secondary N) is 3. The van der Waals surface area contributed by atoms with Crippen molar-refractivity contribution in [2.75, 3.05) is 7.05 Å². The first-order valence-corrected chi connectivity index (χ1v) is 13.7. The zero-order valence-electron chi connectivity index (χ0n) is 23.8. The van der Waals surface area contributed by atoms with Crippen LogP contribution in [0.2, 0.25) is 0 Å². The van der Waals surface area contributed by atoms with Crippen LogP contribution in [0.25, 0.3) is 11.3 Å². The number of likely N-dealkylation sites (N-methyl/N-ethyl adjacent to an activating group) is 1. The van der Waals surface area contributed by atoms with Crippen molar-refractivity contribution < 1.29 is 43.0 Å². The Morgan fingerprint density at radius 3 is 2.19 bits per heavy atom. The molecule has 3 heterocycles. The molecule has 3 amide bonds. The molecule has 0 radical (unpaired) electrons. The molecule has 4 N–H and O–H groups in total. The second-order valence-corrected chi connectivity index (χ2v) is 10.9. The van der Waals surface area contributed by atoms with Gasteiger partial charge in [0, 0.05) is 18.6 Å². The van der Waals surface area contributed by atoms with Gasteiger partial charge in [0.15, 0.2) is 0 Å². The zero-order valence-corrected chi connectivity index (χ0v) is 23.8. The Morgan fingerprint density at radius 2 is 1.62 bits per heavy atom. The van der Waals surface area contributed by atoms with Gasteiger partial charge in [-0.1, -0.05) is 56.7 Å². The SMILES string of the molecule is CNC(=O)C12CC(=O)O[B-](C(CC(C)C)NC(=O)[C@@H](NC(=O)c3cccc(-c4ccccc4)n3)[C@@H](C)O)(OC(=O)C1)O2. The van der Waals surface area contributed by atoms with Crippen LogP contribution in [0.15, 0.2) is 48.5 Å². The van der Waals surface area contributed by atoms with Crippen LogP contribution >= 0.6 is 0 Å². The van der Waals surface area contributed by atoms with Gasteiger partial charge in [-0.05, 0) is 25.0 Å². The molecule has 2 fully saturated rings. The highest BCUT2D eigenvalue weighted by atomic mass is 16.8. The van der Waals surface area contributed by atoms with Crippen LogP contribution < -0.4 is 16.0 Å². The third-order valence-electron chi connectivity index (χ3n) is 7.13. The Morgan fingerprint density at radius 1 is 0.976 bits per heavy atom. The Labute approximate surface area is 242 Å². The first-order chi connectivity index (χ1) is 19.9. The molecule has 0 saturated carbocycles. The largest absolute Gasteiger partial charge is 0.632 e. The lowest BCUT2D eigenvalue weighted by atomic mass is 9.61. The van der Waals surface area contributed by atoms with E-state index in [0.717, 1.165) is 5.56 Å². The molecule has 14 heteroatoms. The van der Waals surface area contributed by atoms with Gasteiger partial charge in [-0.2, -0.15) is 0 Å². The maximum atomic E-state index is 13.6. The van der Waals surface area contributed by atoms with Gasteiger partial charge >= 0.3 is 6.75 Å². The summed E-state index contributed by atoms with van der Waals surface area (Å²) in [6.07, 6.45) is -2.31. The van der Waals surface area contributed by atoms with Crippen molar-refractivity contribution in [3.63, 3.8) is 0 Å². The van der Waals surface area contributed by atoms with E-state index in [1.165, 1.54) is 20.0 Å². The summed E-state index contributed by atoms with van der Waals surface area (Å²) in [6, 6.07) is 12.6. The summed E-state index contributed by atoms with van der Waals surface area (Å²) in [7, 11) is 1.34. The Balaban J connectivity index is 1.59. The van der Waals surface area contributed by atoms with Gasteiger partial charge in [0.1, 0.15) is 17.3 Å². The predicted molar refractivity (Wildman–Crippen MR) is 149 cm³/mol. The van der Waals surface area contributed by atoms with Crippen LogP contribution in [0.3, 0.4) is 0 Å². The van der Waals surface area contributed by atoms with Crippen molar-refractivity contribution in [1.82, 2.24) is 20.9 Å². The number of aliphatic hydroxyl groups excluding tert-OH is 1. The molecule has 2 saturated heterocycles. The third kappa shape index (κ3) is 6.44. The van der Waals surface area contributed by atoms with E-state index in [4.69, 9.17) is 14.0 Å². The van der Waals surface area contributed by atoms with Crippen LogP contribution in [0.4, 0.5) is 0 Å². The number of aromatic nitrogens is 1. The zero-order chi connectivity index (χ0) is 30.7. The average Bonchev–Trinajstić information content (AvgIpc) is 2.94. The maximum Gasteiger partial charge on any atom is 0.518 e. The van der Waals surface area contributed by atoms with Crippen LogP contribution in [-0.2, 0) is 33.1 Å². The molecule has 3 atom stereocenters. The van der Waals surface area contributed by atoms with E-state index in [9.17, 15) is 29.1 Å². The smallest absolute Gasteiger partial charge is 0.518 e. The van der Waals surface area contributed by atoms with Gasteiger partial charge in [0.05, 0.1) is 24.6 Å². The topological polar surface area (TPSA) is 182 Å². The summed E-state index contributed by atoms with van der Waals surface area (Å²) < 4.78 is 16.9. The van der Waals surface area contributed by atoms with Crippen molar-refractivity contribution in [1.29, 1.82) is 0 Å². The van der Waals surface area contributed by atoms with Crippen LogP contribution in [0, 0.1) is 5.92 Å². The molecule has 2 aliphatic heterocycles. The van der Waals surface area contributed by atoms with E-state index in [2.05, 4.69) is 20.9 Å². The van der Waals surface area contributed by atoms with E-state index >= 15 is 0 Å². The number of pyridine rings is 1. The summed E-state index contributed by atoms with van der Waals surface area (Å²) in [4.78, 5) is 69.2. The van der Waals surface area contributed by atoms with Crippen molar-refractivity contribution in [3.05, 3.63) is 54.2 Å². The summed E-state index contributed by atoms with van der Waals surface area (Å²) >= 11 is 0. The van der Waals surface area contributed by atoms with Gasteiger partial charge in [-0.25, -0.2) is 4.98 Å². The highest BCUT2D eigenvalue weighted by molar-refractivity contribution is 6.67. The highest BCUT2D eigenvalue weighted by Gasteiger charge is 2.61. The summed E-state index contributed by atoms with van der Waals surface area (Å²) in [5.41, 5.74) is -0.536. The molecule has 1 aromatic carbocycles. The van der Waals surface area contributed by atoms with Crippen molar-refractivity contribution in [2.24, 2.45) is 5.92 Å². The number of benzene rings is 1. The molecular formula is C28H34BN4O9-. The molecule has 224 valence electrons. The van der Waals surface area contributed by atoms with Crippen LogP contribution in [0.5, 0.6) is 0 Å². The van der Waals surface area contributed by atoms with Gasteiger partial charge < -0.3 is 35.0 Å². The minimum absolute atomic E-state index is 0.0115. The Hall–Kier alpha value is -4.30. The van der Waals surface area contributed by atoms with Crippen LogP contribution in [0.1, 0.15) is 50.5 Å². The molecule has 4 rings (SSSR count). The third-order valence-corrected chi connectivity index (χ3v) is 7.13. The lowest BCUT2D eigenvalue weighted by Crippen LogP contribution is -2.76. The minimum atomic E-state index is -3.32. The molecule has 1 unspecified atom stereocenters. The first kappa shape index (κ1) is 30.7. The number of rotatable bonds is 10. The van der Waals surface area contributed by atoms with Crippen molar-refractivity contribution in [3.8, 4) is 11.3 Å². The molecule has 42 heavy (non-hydrogen) atoms. The van der Waals surface area contributed by atoms with Gasteiger partial charge in [0.2, 0.25) is 11.8 Å². The lowest BCUT2D eigenvalue weighted by Gasteiger charge is -2.58. The quantitative estimate of drug-likeness (QED) is 0.291. The number of carbonyl (C=O) groups excluding carboxylic acids is 5. The Kier molecular flexibility index (Phi) is 8.97. The normalized spacial score (nSPS) is 23.6. The minimum Gasteiger partial charge on any atom is -0.632 e. The molecule has 2 aromatic rings. The molecule has 1 aromatic heterocycles. The average molecular weight is 581 g/mol. The molecule has 13 nitrogen and oxygen atoms in total.